The molecule has 0 spiro atoms. The molecule has 4 saturated carbocycles. The predicted octanol–water partition coefficient (Wildman–Crippen LogP) is 9.79. The predicted molar refractivity (Wildman–Crippen MR) is 152 cm³/mol. The van der Waals surface area contributed by atoms with Crippen LogP contribution < -0.4 is 0 Å². The van der Waals surface area contributed by atoms with Gasteiger partial charge in [0.15, 0.2) is 0 Å². The van der Waals surface area contributed by atoms with E-state index in [0.29, 0.717) is 5.41 Å². The minimum absolute atomic E-state index is 0.417. The molecule has 0 nitrogen and oxygen atoms in total. The number of fused-ring (bicyclic) bond motifs is 2. The highest BCUT2D eigenvalue weighted by Crippen LogP contribution is 2.61. The Morgan fingerprint density at radius 3 is 1.42 bits per heavy atom. The molecule has 176 valence electrons. The third-order valence-electron chi connectivity index (χ3n) is 9.80. The first-order valence-electron chi connectivity index (χ1n) is 13.9. The Bertz CT molecular complexity index is 1510. The van der Waals surface area contributed by atoms with E-state index in [1.807, 2.05) is 0 Å². The Balaban J connectivity index is 1.38. The third-order valence-corrected chi connectivity index (χ3v) is 9.80. The average Bonchev–Trinajstić information content (AvgIpc) is 2.91. The molecule has 0 radical (unpaired) electrons. The van der Waals surface area contributed by atoms with Gasteiger partial charge in [-0.1, -0.05) is 103 Å². The molecule has 4 bridgehead atoms. The molecule has 0 heteroatoms. The van der Waals surface area contributed by atoms with Crippen molar-refractivity contribution in [3.63, 3.8) is 0 Å². The molecule has 0 heterocycles. The van der Waals surface area contributed by atoms with Crippen molar-refractivity contribution in [3.05, 3.63) is 109 Å². The molecule has 0 saturated heterocycles. The second-order valence-corrected chi connectivity index (χ2v) is 12.0. The van der Waals surface area contributed by atoms with Crippen molar-refractivity contribution < 1.29 is 0 Å². The van der Waals surface area contributed by atoms with E-state index in [9.17, 15) is 0 Å². The van der Waals surface area contributed by atoms with Gasteiger partial charge in [-0.2, -0.15) is 0 Å². The summed E-state index contributed by atoms with van der Waals surface area (Å²) < 4.78 is 0. The zero-order valence-corrected chi connectivity index (χ0v) is 20.8. The van der Waals surface area contributed by atoms with Crippen molar-refractivity contribution >= 4 is 21.5 Å². The van der Waals surface area contributed by atoms with Crippen LogP contribution in [0.2, 0.25) is 0 Å². The third kappa shape index (κ3) is 3.07. The molecule has 9 rings (SSSR count). The van der Waals surface area contributed by atoms with Crippen molar-refractivity contribution in [2.24, 2.45) is 17.8 Å². The molecule has 4 fully saturated rings. The lowest BCUT2D eigenvalue weighted by atomic mass is 9.48. The maximum absolute atomic E-state index is 2.59. The lowest BCUT2D eigenvalue weighted by molar-refractivity contribution is -0.00516. The zero-order chi connectivity index (χ0) is 23.7. The fraction of sp³-hybridized carbons (Fsp3) is 0.278. The van der Waals surface area contributed by atoms with Crippen LogP contribution in [0.5, 0.6) is 0 Å². The normalized spacial score (nSPS) is 26.6. The van der Waals surface area contributed by atoms with E-state index in [1.165, 1.54) is 82.3 Å². The molecular formula is C36H32. The Kier molecular flexibility index (Phi) is 4.51. The maximum atomic E-state index is 2.59. The number of rotatable bonds is 3. The van der Waals surface area contributed by atoms with Gasteiger partial charge in [0.2, 0.25) is 0 Å². The Labute approximate surface area is 214 Å². The summed E-state index contributed by atoms with van der Waals surface area (Å²) in [5.74, 6) is 2.89. The highest BCUT2D eigenvalue weighted by Gasteiger charge is 2.51. The number of benzene rings is 5. The van der Waals surface area contributed by atoms with E-state index in [1.54, 1.807) is 5.56 Å². The zero-order valence-electron chi connectivity index (χ0n) is 20.8. The standard InChI is InChI=1S/C36H32/c1-2-9-27(10-3-1)34-30-13-4-6-15-32(30)35(33-16-7-5-14-31(33)34)28-11-8-12-29(20-28)36-21-24-17-25(22-36)19-26(18-24)23-36/h1-16,20,24-26H,17-19,21-23H2. The molecule has 0 aliphatic heterocycles. The molecule has 0 unspecified atom stereocenters. The first-order chi connectivity index (χ1) is 17.8. The average molecular weight is 465 g/mol. The molecule has 0 aromatic heterocycles. The van der Waals surface area contributed by atoms with Gasteiger partial charge >= 0.3 is 0 Å². The molecule has 0 N–H and O–H groups in total. The van der Waals surface area contributed by atoms with Gasteiger partial charge in [-0.15, -0.1) is 0 Å². The summed E-state index contributed by atoms with van der Waals surface area (Å²) in [5.41, 5.74) is 7.45. The van der Waals surface area contributed by atoms with Gasteiger partial charge in [0.1, 0.15) is 0 Å². The van der Waals surface area contributed by atoms with Crippen LogP contribution in [0.4, 0.5) is 0 Å². The fourth-order valence-corrected chi connectivity index (χ4v) is 8.82. The largest absolute Gasteiger partial charge is 0.0622 e. The summed E-state index contributed by atoms with van der Waals surface area (Å²) in [6, 6.07) is 38.8. The molecule has 36 heavy (non-hydrogen) atoms. The first-order valence-corrected chi connectivity index (χ1v) is 13.9. The van der Waals surface area contributed by atoms with Crippen LogP contribution in [-0.2, 0) is 5.41 Å². The molecule has 5 aromatic rings. The van der Waals surface area contributed by atoms with Crippen LogP contribution >= 0.6 is 0 Å². The van der Waals surface area contributed by atoms with E-state index in [2.05, 4.69) is 103 Å². The van der Waals surface area contributed by atoms with Crippen LogP contribution in [-0.4, -0.2) is 0 Å². The Hall–Kier alpha value is -3.38. The summed E-state index contributed by atoms with van der Waals surface area (Å²) in [7, 11) is 0. The monoisotopic (exact) mass is 464 g/mol. The van der Waals surface area contributed by atoms with E-state index in [4.69, 9.17) is 0 Å². The van der Waals surface area contributed by atoms with Gasteiger partial charge < -0.3 is 0 Å². The van der Waals surface area contributed by atoms with Crippen LogP contribution in [0, 0.1) is 17.8 Å². The minimum Gasteiger partial charge on any atom is -0.0622 e. The summed E-state index contributed by atoms with van der Waals surface area (Å²) in [6.45, 7) is 0. The van der Waals surface area contributed by atoms with Crippen LogP contribution in [0.25, 0.3) is 43.8 Å². The maximum Gasteiger partial charge on any atom is -0.00263 e. The van der Waals surface area contributed by atoms with Crippen LogP contribution in [0.3, 0.4) is 0 Å². The summed E-state index contributed by atoms with van der Waals surface area (Å²) in [4.78, 5) is 0. The van der Waals surface area contributed by atoms with Gasteiger partial charge in [0.05, 0.1) is 0 Å². The lowest BCUT2D eigenvalue weighted by Gasteiger charge is -2.57. The first kappa shape index (κ1) is 20.8. The van der Waals surface area contributed by atoms with E-state index >= 15 is 0 Å². The lowest BCUT2D eigenvalue weighted by Crippen LogP contribution is -2.48. The fourth-order valence-electron chi connectivity index (χ4n) is 8.82. The summed E-state index contributed by atoms with van der Waals surface area (Å²) >= 11 is 0. The van der Waals surface area contributed by atoms with E-state index < -0.39 is 0 Å². The van der Waals surface area contributed by atoms with Gasteiger partial charge in [-0.3, -0.25) is 0 Å². The van der Waals surface area contributed by atoms with Crippen molar-refractivity contribution in [3.8, 4) is 22.3 Å². The molecule has 0 amide bonds. The van der Waals surface area contributed by atoms with Crippen molar-refractivity contribution in [2.45, 2.75) is 43.9 Å². The van der Waals surface area contributed by atoms with Gasteiger partial charge in [-0.05, 0) is 111 Å². The molecular weight excluding hydrogens is 432 g/mol. The molecule has 4 aliphatic rings. The highest BCUT2D eigenvalue weighted by molar-refractivity contribution is 6.21. The number of hydrogen-bond donors (Lipinski definition) is 0. The van der Waals surface area contributed by atoms with Gasteiger partial charge in [-0.25, -0.2) is 0 Å². The number of hydrogen-bond acceptors (Lipinski definition) is 0. The topological polar surface area (TPSA) is 0 Å². The van der Waals surface area contributed by atoms with Crippen molar-refractivity contribution in [1.29, 1.82) is 0 Å². The Morgan fingerprint density at radius 2 is 0.889 bits per heavy atom. The molecule has 5 aromatic carbocycles. The Morgan fingerprint density at radius 1 is 0.444 bits per heavy atom. The van der Waals surface area contributed by atoms with Crippen LogP contribution in [0.15, 0.2) is 103 Å². The molecule has 4 aliphatic carbocycles. The summed E-state index contributed by atoms with van der Waals surface area (Å²) in [6.07, 6.45) is 8.73. The smallest absolute Gasteiger partial charge is 0.00263 e. The quantitative estimate of drug-likeness (QED) is 0.233. The second-order valence-electron chi connectivity index (χ2n) is 12.0. The van der Waals surface area contributed by atoms with Gasteiger partial charge in [0.25, 0.3) is 0 Å². The summed E-state index contributed by atoms with van der Waals surface area (Å²) in [5, 5.41) is 5.41. The second kappa shape index (κ2) is 7.81. The van der Waals surface area contributed by atoms with E-state index in [0.717, 1.165) is 17.8 Å². The van der Waals surface area contributed by atoms with Crippen molar-refractivity contribution in [1.82, 2.24) is 0 Å². The highest BCUT2D eigenvalue weighted by atomic mass is 14.6. The van der Waals surface area contributed by atoms with Crippen LogP contribution in [0.1, 0.15) is 44.1 Å². The van der Waals surface area contributed by atoms with Crippen molar-refractivity contribution in [2.75, 3.05) is 0 Å². The van der Waals surface area contributed by atoms with E-state index in [-0.39, 0.29) is 0 Å². The van der Waals surface area contributed by atoms with Gasteiger partial charge in [0, 0.05) is 0 Å². The SMILES string of the molecule is c1ccc(-c2c3ccccc3c(-c3cccc(C45CC6CC(CC(C6)C4)C5)c3)c3ccccc23)cc1. The minimum atomic E-state index is 0.417. The molecule has 0 atom stereocenters.